The molecule has 6 heteroatoms. The van der Waals surface area contributed by atoms with E-state index in [1.54, 1.807) is 13.2 Å². The lowest BCUT2D eigenvalue weighted by molar-refractivity contribution is -0.122. The van der Waals surface area contributed by atoms with Crippen LogP contribution in [0.3, 0.4) is 0 Å². The predicted molar refractivity (Wildman–Crippen MR) is 93.4 cm³/mol. The standard InChI is InChI=1S/C18H25ClN2O3/c1-23-17-5-2-15(19)8-14(17)9-20-18(22)11-21(16-3-4-16)10-13-6-7-24-12-13/h2,5,8,13,16H,3-4,6-7,9-12H2,1H3,(H,20,22). The summed E-state index contributed by atoms with van der Waals surface area (Å²) < 4.78 is 10.8. The van der Waals surface area contributed by atoms with Crippen LogP contribution in [0.4, 0.5) is 0 Å². The number of ether oxygens (including phenoxy) is 2. The van der Waals surface area contributed by atoms with Gasteiger partial charge >= 0.3 is 0 Å². The molecule has 2 fully saturated rings. The summed E-state index contributed by atoms with van der Waals surface area (Å²) >= 11 is 6.03. The molecular weight excluding hydrogens is 328 g/mol. The number of carbonyl (C=O) groups is 1. The minimum absolute atomic E-state index is 0.0443. The van der Waals surface area contributed by atoms with Crippen LogP contribution in [0.25, 0.3) is 0 Å². The maximum atomic E-state index is 12.4. The molecule has 132 valence electrons. The molecule has 1 aromatic carbocycles. The van der Waals surface area contributed by atoms with Gasteiger partial charge in [-0.2, -0.15) is 0 Å². The third-order valence-corrected chi connectivity index (χ3v) is 4.88. The molecule has 1 aliphatic carbocycles. The van der Waals surface area contributed by atoms with Gasteiger partial charge in [0.25, 0.3) is 0 Å². The van der Waals surface area contributed by atoms with E-state index in [1.807, 2.05) is 12.1 Å². The zero-order valence-electron chi connectivity index (χ0n) is 14.1. The molecule has 1 aromatic rings. The van der Waals surface area contributed by atoms with E-state index < -0.39 is 0 Å². The van der Waals surface area contributed by atoms with E-state index in [-0.39, 0.29) is 5.91 Å². The van der Waals surface area contributed by atoms with Gasteiger partial charge in [-0.05, 0) is 43.4 Å². The number of nitrogens with one attached hydrogen (secondary N) is 1. The summed E-state index contributed by atoms with van der Waals surface area (Å²) in [4.78, 5) is 14.7. The molecule has 1 amide bonds. The molecule has 3 rings (SSSR count). The van der Waals surface area contributed by atoms with Gasteiger partial charge in [0.15, 0.2) is 0 Å². The molecule has 0 aromatic heterocycles. The van der Waals surface area contributed by atoms with Crippen LogP contribution < -0.4 is 10.1 Å². The maximum absolute atomic E-state index is 12.4. The van der Waals surface area contributed by atoms with Crippen molar-refractivity contribution < 1.29 is 14.3 Å². The van der Waals surface area contributed by atoms with E-state index >= 15 is 0 Å². The molecule has 24 heavy (non-hydrogen) atoms. The van der Waals surface area contributed by atoms with Crippen molar-refractivity contribution in [3.05, 3.63) is 28.8 Å². The van der Waals surface area contributed by atoms with Gasteiger partial charge in [0.2, 0.25) is 5.91 Å². The van der Waals surface area contributed by atoms with Crippen molar-refractivity contribution in [2.75, 3.05) is 33.4 Å². The van der Waals surface area contributed by atoms with Crippen LogP contribution in [-0.2, 0) is 16.1 Å². The minimum Gasteiger partial charge on any atom is -0.496 e. The third-order valence-electron chi connectivity index (χ3n) is 4.65. The van der Waals surface area contributed by atoms with Gasteiger partial charge < -0.3 is 14.8 Å². The summed E-state index contributed by atoms with van der Waals surface area (Å²) in [5, 5.41) is 3.63. The molecule has 1 atom stereocenters. The number of amides is 1. The van der Waals surface area contributed by atoms with Crippen LogP contribution in [-0.4, -0.2) is 50.3 Å². The van der Waals surface area contributed by atoms with E-state index in [0.717, 1.165) is 37.5 Å². The summed E-state index contributed by atoms with van der Waals surface area (Å²) in [6.07, 6.45) is 3.50. The number of methoxy groups -OCH3 is 1. The number of benzene rings is 1. The van der Waals surface area contributed by atoms with Crippen molar-refractivity contribution in [3.63, 3.8) is 0 Å². The van der Waals surface area contributed by atoms with Crippen molar-refractivity contribution in [2.24, 2.45) is 5.92 Å². The number of hydrogen-bond acceptors (Lipinski definition) is 4. The highest BCUT2D eigenvalue weighted by Gasteiger charge is 2.32. The molecule has 1 N–H and O–H groups in total. The van der Waals surface area contributed by atoms with Gasteiger partial charge in [0.1, 0.15) is 5.75 Å². The summed E-state index contributed by atoms with van der Waals surface area (Å²) in [5.74, 6) is 1.34. The first kappa shape index (κ1) is 17.5. The third kappa shape index (κ3) is 4.85. The van der Waals surface area contributed by atoms with Crippen molar-refractivity contribution in [3.8, 4) is 5.75 Å². The molecule has 0 radical (unpaired) electrons. The fourth-order valence-corrected chi connectivity index (χ4v) is 3.36. The van der Waals surface area contributed by atoms with Gasteiger partial charge in [-0.15, -0.1) is 0 Å². The predicted octanol–water partition coefficient (Wildman–Crippen LogP) is 2.47. The molecule has 0 bridgehead atoms. The number of halogens is 1. The van der Waals surface area contributed by atoms with Crippen molar-refractivity contribution >= 4 is 17.5 Å². The van der Waals surface area contributed by atoms with Gasteiger partial charge in [-0.3, -0.25) is 9.69 Å². The van der Waals surface area contributed by atoms with Gasteiger partial charge in [0, 0.05) is 36.3 Å². The Morgan fingerprint density at radius 2 is 2.25 bits per heavy atom. The van der Waals surface area contributed by atoms with Gasteiger partial charge in [0.05, 0.1) is 20.3 Å². The molecule has 5 nitrogen and oxygen atoms in total. The summed E-state index contributed by atoms with van der Waals surface area (Å²) in [7, 11) is 1.62. The highest BCUT2D eigenvalue weighted by atomic mass is 35.5. The van der Waals surface area contributed by atoms with Crippen LogP contribution in [0, 0.1) is 5.92 Å². The molecule has 0 spiro atoms. The van der Waals surface area contributed by atoms with Crippen molar-refractivity contribution in [1.82, 2.24) is 10.2 Å². The Hall–Kier alpha value is -1.30. The van der Waals surface area contributed by atoms with Crippen LogP contribution in [0.1, 0.15) is 24.8 Å². The van der Waals surface area contributed by atoms with E-state index in [2.05, 4.69) is 10.2 Å². The van der Waals surface area contributed by atoms with Crippen LogP contribution in [0.5, 0.6) is 5.75 Å². The number of hydrogen-bond donors (Lipinski definition) is 1. The van der Waals surface area contributed by atoms with E-state index in [0.29, 0.717) is 30.1 Å². The smallest absolute Gasteiger partial charge is 0.234 e. The summed E-state index contributed by atoms with van der Waals surface area (Å²) in [6, 6.07) is 6.00. The van der Waals surface area contributed by atoms with E-state index in [1.165, 1.54) is 12.8 Å². The lowest BCUT2D eigenvalue weighted by Crippen LogP contribution is -2.40. The second kappa shape index (κ2) is 8.19. The lowest BCUT2D eigenvalue weighted by Gasteiger charge is -2.24. The zero-order chi connectivity index (χ0) is 16.9. The molecular formula is C18H25ClN2O3. The van der Waals surface area contributed by atoms with Crippen LogP contribution >= 0.6 is 11.6 Å². The first-order valence-electron chi connectivity index (χ1n) is 8.56. The fourth-order valence-electron chi connectivity index (χ4n) is 3.16. The summed E-state index contributed by atoms with van der Waals surface area (Å²) in [5.41, 5.74) is 0.889. The lowest BCUT2D eigenvalue weighted by atomic mass is 10.1. The second-order valence-corrected chi connectivity index (χ2v) is 7.06. The quantitative estimate of drug-likeness (QED) is 0.781. The van der Waals surface area contributed by atoms with Crippen LogP contribution in [0.15, 0.2) is 18.2 Å². The maximum Gasteiger partial charge on any atom is 0.234 e. The Morgan fingerprint density at radius 3 is 2.92 bits per heavy atom. The number of carbonyl (C=O) groups excluding carboxylic acids is 1. The second-order valence-electron chi connectivity index (χ2n) is 6.62. The number of rotatable bonds is 8. The highest BCUT2D eigenvalue weighted by Crippen LogP contribution is 2.28. The molecule has 1 saturated carbocycles. The molecule has 2 aliphatic rings. The van der Waals surface area contributed by atoms with Crippen molar-refractivity contribution in [1.29, 1.82) is 0 Å². The average molecular weight is 353 g/mol. The van der Waals surface area contributed by atoms with Gasteiger partial charge in [-0.25, -0.2) is 0 Å². The fraction of sp³-hybridized carbons (Fsp3) is 0.611. The molecule has 1 heterocycles. The average Bonchev–Trinajstić information content (AvgIpc) is 3.30. The van der Waals surface area contributed by atoms with E-state index in [4.69, 9.17) is 21.1 Å². The highest BCUT2D eigenvalue weighted by molar-refractivity contribution is 6.30. The topological polar surface area (TPSA) is 50.8 Å². The van der Waals surface area contributed by atoms with Crippen LogP contribution in [0.2, 0.25) is 5.02 Å². The normalized spacial score (nSPS) is 20.4. The Morgan fingerprint density at radius 1 is 1.42 bits per heavy atom. The monoisotopic (exact) mass is 352 g/mol. The molecule has 1 saturated heterocycles. The first-order valence-corrected chi connectivity index (χ1v) is 8.94. The molecule has 1 aliphatic heterocycles. The largest absolute Gasteiger partial charge is 0.496 e. The Labute approximate surface area is 148 Å². The van der Waals surface area contributed by atoms with E-state index in [9.17, 15) is 4.79 Å². The van der Waals surface area contributed by atoms with Crippen molar-refractivity contribution in [2.45, 2.75) is 31.8 Å². The Kier molecular flexibility index (Phi) is 5.98. The SMILES string of the molecule is COc1ccc(Cl)cc1CNC(=O)CN(CC1CCOC1)C1CC1. The number of nitrogens with zero attached hydrogens (tertiary/aromatic N) is 1. The Bertz CT molecular complexity index is 571. The summed E-state index contributed by atoms with van der Waals surface area (Å²) in [6.45, 7) is 3.50. The minimum atomic E-state index is 0.0443. The Balaban J connectivity index is 1.51. The first-order chi connectivity index (χ1) is 11.7. The zero-order valence-corrected chi connectivity index (χ0v) is 14.8. The van der Waals surface area contributed by atoms with Gasteiger partial charge in [-0.1, -0.05) is 11.6 Å². The molecule has 1 unspecified atom stereocenters.